The lowest BCUT2D eigenvalue weighted by molar-refractivity contribution is 0.523. The second-order valence-electron chi connectivity index (χ2n) is 6.02. The van der Waals surface area contributed by atoms with E-state index in [0.29, 0.717) is 35.7 Å². The molecule has 0 fully saturated rings. The van der Waals surface area contributed by atoms with Crippen LogP contribution >= 0.6 is 0 Å². The number of imidazole rings is 1. The summed E-state index contributed by atoms with van der Waals surface area (Å²) in [6, 6.07) is 3.17. The van der Waals surface area contributed by atoms with Crippen LogP contribution in [0.4, 0.5) is 0 Å². The summed E-state index contributed by atoms with van der Waals surface area (Å²) in [5.74, 6) is 1.11. The van der Waals surface area contributed by atoms with E-state index in [1.165, 1.54) is 6.07 Å². The molecule has 0 amide bonds. The maximum atomic E-state index is 12.9. The molecule has 0 atom stereocenters. The van der Waals surface area contributed by atoms with E-state index in [2.05, 4.69) is 23.8 Å². The topological polar surface area (TPSA) is 72.2 Å². The van der Waals surface area contributed by atoms with Crippen LogP contribution < -0.4 is 11.1 Å². The molecule has 0 bridgehead atoms. The van der Waals surface area contributed by atoms with Crippen molar-refractivity contribution in [1.82, 2.24) is 18.9 Å². The molecule has 116 valence electrons. The Bertz CT molecular complexity index is 976. The van der Waals surface area contributed by atoms with Crippen molar-refractivity contribution in [2.75, 3.05) is 0 Å². The van der Waals surface area contributed by atoms with Gasteiger partial charge in [-0.2, -0.15) is 0 Å². The Hall–Kier alpha value is -2.37. The molecule has 3 aromatic rings. The van der Waals surface area contributed by atoms with Gasteiger partial charge in [0.15, 0.2) is 0 Å². The van der Waals surface area contributed by atoms with Gasteiger partial charge in [-0.25, -0.2) is 4.98 Å². The zero-order chi connectivity index (χ0) is 16.0. The van der Waals surface area contributed by atoms with Crippen molar-refractivity contribution in [1.29, 1.82) is 0 Å². The third-order valence-electron chi connectivity index (χ3n) is 3.82. The Balaban J connectivity index is 2.60. The number of aromatic amines is 1. The van der Waals surface area contributed by atoms with Gasteiger partial charge >= 0.3 is 0 Å². The van der Waals surface area contributed by atoms with Crippen molar-refractivity contribution in [2.45, 2.75) is 40.7 Å². The molecule has 0 saturated heterocycles. The fourth-order valence-electron chi connectivity index (χ4n) is 2.94. The van der Waals surface area contributed by atoms with Crippen molar-refractivity contribution in [3.63, 3.8) is 0 Å². The normalized spacial score (nSPS) is 11.9. The highest BCUT2D eigenvalue weighted by Gasteiger charge is 2.18. The van der Waals surface area contributed by atoms with E-state index < -0.39 is 0 Å². The highest BCUT2D eigenvalue weighted by molar-refractivity contribution is 5.76. The van der Waals surface area contributed by atoms with E-state index in [4.69, 9.17) is 0 Å². The molecule has 1 N–H and O–H groups in total. The zero-order valence-electron chi connectivity index (χ0n) is 13.3. The number of aromatic nitrogens is 4. The fraction of sp³-hybridized carbons (Fsp3) is 0.438. The van der Waals surface area contributed by atoms with Crippen LogP contribution in [0.3, 0.4) is 0 Å². The summed E-state index contributed by atoms with van der Waals surface area (Å²) in [5.41, 5.74) is 2.38. The van der Waals surface area contributed by atoms with Crippen LogP contribution in [0.25, 0.3) is 16.7 Å². The van der Waals surface area contributed by atoms with Gasteiger partial charge in [0.2, 0.25) is 5.56 Å². The number of hydrogen-bond acceptors (Lipinski definition) is 3. The predicted molar refractivity (Wildman–Crippen MR) is 86.5 cm³/mol. The van der Waals surface area contributed by atoms with E-state index in [0.717, 1.165) is 11.3 Å². The third-order valence-corrected chi connectivity index (χ3v) is 3.82. The molecule has 0 aliphatic carbocycles. The van der Waals surface area contributed by atoms with Crippen LogP contribution in [0.2, 0.25) is 0 Å². The van der Waals surface area contributed by atoms with E-state index in [1.807, 2.05) is 13.8 Å². The van der Waals surface area contributed by atoms with E-state index >= 15 is 0 Å². The largest absolute Gasteiger partial charge is 0.306 e. The van der Waals surface area contributed by atoms with Crippen LogP contribution in [0.5, 0.6) is 0 Å². The lowest BCUT2D eigenvalue weighted by Gasteiger charge is -2.14. The quantitative estimate of drug-likeness (QED) is 0.802. The molecule has 3 rings (SSSR count). The van der Waals surface area contributed by atoms with Crippen LogP contribution in [0.1, 0.15) is 32.3 Å². The van der Waals surface area contributed by atoms with Crippen molar-refractivity contribution >= 4 is 16.7 Å². The lowest BCUT2D eigenvalue weighted by atomic mass is 10.2. The van der Waals surface area contributed by atoms with Gasteiger partial charge in [0.05, 0.1) is 11.2 Å². The summed E-state index contributed by atoms with van der Waals surface area (Å²) in [6.45, 7) is 8.55. The molecule has 0 aliphatic rings. The SMILES string of the molecule is CCc1nc(C)c2c(=O)n(CC(C)C)c3ccc(=O)[nH]c3n12. The lowest BCUT2D eigenvalue weighted by Crippen LogP contribution is -2.27. The number of fused-ring (bicyclic) bond motifs is 3. The molecule has 0 spiro atoms. The molecular weight excluding hydrogens is 280 g/mol. The van der Waals surface area contributed by atoms with Gasteiger partial charge in [-0.3, -0.25) is 14.0 Å². The zero-order valence-corrected chi connectivity index (χ0v) is 13.3. The maximum absolute atomic E-state index is 12.9. The average Bonchev–Trinajstić information content (AvgIpc) is 2.80. The smallest absolute Gasteiger partial charge is 0.277 e. The molecule has 0 aliphatic heterocycles. The molecule has 0 aromatic carbocycles. The Morgan fingerprint density at radius 3 is 2.64 bits per heavy atom. The Labute approximate surface area is 127 Å². The fourth-order valence-corrected chi connectivity index (χ4v) is 2.94. The van der Waals surface area contributed by atoms with Crippen LogP contribution in [-0.2, 0) is 13.0 Å². The molecule has 6 nitrogen and oxygen atoms in total. The second kappa shape index (κ2) is 5.12. The van der Waals surface area contributed by atoms with Gasteiger partial charge in [-0.05, 0) is 18.9 Å². The minimum atomic E-state index is -0.183. The van der Waals surface area contributed by atoms with Crippen molar-refractivity contribution in [3.05, 3.63) is 44.4 Å². The monoisotopic (exact) mass is 300 g/mol. The summed E-state index contributed by atoms with van der Waals surface area (Å²) in [6.07, 6.45) is 0.689. The van der Waals surface area contributed by atoms with Crippen molar-refractivity contribution < 1.29 is 0 Å². The van der Waals surface area contributed by atoms with Crippen LogP contribution in [-0.4, -0.2) is 18.9 Å². The number of pyridine rings is 1. The Kier molecular flexibility index (Phi) is 3.39. The first-order valence-electron chi connectivity index (χ1n) is 7.57. The van der Waals surface area contributed by atoms with E-state index in [1.54, 1.807) is 15.0 Å². The Morgan fingerprint density at radius 2 is 2.00 bits per heavy atom. The third kappa shape index (κ3) is 2.06. The first-order chi connectivity index (χ1) is 10.4. The standard InChI is InChI=1S/C16H20N4O2/c1-5-12-17-10(4)14-16(22)19(8-9(2)3)11-6-7-13(21)18-15(11)20(12)14/h6-7,9H,5,8H2,1-4H3,(H,18,21). The first-order valence-corrected chi connectivity index (χ1v) is 7.57. The molecule has 6 heteroatoms. The van der Waals surface area contributed by atoms with Gasteiger partial charge < -0.3 is 9.55 Å². The summed E-state index contributed by atoms with van der Waals surface area (Å²) >= 11 is 0. The number of nitrogens with zero attached hydrogens (tertiary/aromatic N) is 3. The van der Waals surface area contributed by atoms with Crippen molar-refractivity contribution in [2.24, 2.45) is 5.92 Å². The second-order valence-corrected chi connectivity index (χ2v) is 6.02. The van der Waals surface area contributed by atoms with E-state index in [9.17, 15) is 9.59 Å². The molecular formula is C16H20N4O2. The summed E-state index contributed by atoms with van der Waals surface area (Å²) in [4.78, 5) is 32.1. The molecule has 0 unspecified atom stereocenters. The molecule has 22 heavy (non-hydrogen) atoms. The van der Waals surface area contributed by atoms with Gasteiger partial charge in [-0.15, -0.1) is 0 Å². The number of hydrogen-bond donors (Lipinski definition) is 1. The van der Waals surface area contributed by atoms with Gasteiger partial charge in [-0.1, -0.05) is 20.8 Å². The molecule has 3 heterocycles. The Morgan fingerprint density at radius 1 is 1.27 bits per heavy atom. The predicted octanol–water partition coefficient (Wildman–Crippen LogP) is 1.86. The molecule has 3 aromatic heterocycles. The minimum Gasteiger partial charge on any atom is -0.306 e. The van der Waals surface area contributed by atoms with Crippen molar-refractivity contribution in [3.8, 4) is 0 Å². The number of aryl methyl sites for hydroxylation is 2. The average molecular weight is 300 g/mol. The van der Waals surface area contributed by atoms with Gasteiger partial charge in [0.1, 0.15) is 17.0 Å². The number of nitrogens with one attached hydrogen (secondary N) is 1. The first kappa shape index (κ1) is 14.6. The molecule has 0 radical (unpaired) electrons. The summed E-state index contributed by atoms with van der Waals surface area (Å²) in [7, 11) is 0. The maximum Gasteiger partial charge on any atom is 0.277 e. The highest BCUT2D eigenvalue weighted by Crippen LogP contribution is 2.17. The van der Waals surface area contributed by atoms with E-state index in [-0.39, 0.29) is 11.1 Å². The van der Waals surface area contributed by atoms with Gasteiger partial charge in [0.25, 0.3) is 5.56 Å². The van der Waals surface area contributed by atoms with Crippen LogP contribution in [0.15, 0.2) is 21.7 Å². The minimum absolute atomic E-state index is 0.0575. The number of rotatable bonds is 3. The summed E-state index contributed by atoms with van der Waals surface area (Å²) in [5, 5.41) is 0. The highest BCUT2D eigenvalue weighted by atomic mass is 16.1. The van der Waals surface area contributed by atoms with Gasteiger partial charge in [0, 0.05) is 19.0 Å². The number of H-pyrrole nitrogens is 1. The molecule has 0 saturated carbocycles. The van der Waals surface area contributed by atoms with Crippen LogP contribution in [0, 0.1) is 12.8 Å². The summed E-state index contributed by atoms with van der Waals surface area (Å²) < 4.78 is 3.53.